The number of methoxy groups -OCH3 is 1. The maximum atomic E-state index is 5.68. The van der Waals surface area contributed by atoms with Crippen LogP contribution in [-0.4, -0.2) is 31.9 Å². The average molecular weight is 302 g/mol. The first kappa shape index (κ1) is 16.1. The van der Waals surface area contributed by atoms with Gasteiger partial charge < -0.3 is 19.5 Å². The number of para-hydroxylation sites is 1. The molecule has 118 valence electrons. The average Bonchev–Trinajstić information content (AvgIpc) is 2.57. The molecule has 0 amide bonds. The second-order valence-corrected chi connectivity index (χ2v) is 4.57. The van der Waals surface area contributed by atoms with Crippen LogP contribution in [0.4, 0.5) is 0 Å². The van der Waals surface area contributed by atoms with Gasteiger partial charge in [0.25, 0.3) is 0 Å². The number of nitrogens with one attached hydrogen (secondary N) is 1. The Hall–Kier alpha value is -2.27. The van der Waals surface area contributed by atoms with E-state index in [1.807, 2.05) is 43.3 Å². The largest absolute Gasteiger partial charge is 0.493 e. The lowest BCUT2D eigenvalue weighted by atomic mass is 10.2. The molecular formula is C17H22N2O3. The molecule has 0 atom stereocenters. The van der Waals surface area contributed by atoms with Gasteiger partial charge in [-0.1, -0.05) is 18.2 Å². The number of hydrogen-bond donors (Lipinski definition) is 1. The minimum absolute atomic E-state index is 0.560. The van der Waals surface area contributed by atoms with Gasteiger partial charge >= 0.3 is 0 Å². The Morgan fingerprint density at radius 3 is 2.73 bits per heavy atom. The zero-order valence-electron chi connectivity index (χ0n) is 13.0. The quantitative estimate of drug-likeness (QED) is 0.722. The second-order valence-electron chi connectivity index (χ2n) is 4.57. The summed E-state index contributed by atoms with van der Waals surface area (Å²) in [5, 5.41) is 3.33. The van der Waals surface area contributed by atoms with Crippen molar-refractivity contribution in [1.82, 2.24) is 10.3 Å². The third-order valence-electron chi connectivity index (χ3n) is 3.05. The molecule has 0 spiro atoms. The van der Waals surface area contributed by atoms with Crippen molar-refractivity contribution in [3.8, 4) is 17.4 Å². The summed E-state index contributed by atoms with van der Waals surface area (Å²) in [5.41, 5.74) is 1.07. The van der Waals surface area contributed by atoms with E-state index in [0.717, 1.165) is 23.6 Å². The molecular weight excluding hydrogens is 280 g/mol. The van der Waals surface area contributed by atoms with Crippen LogP contribution in [0.15, 0.2) is 42.6 Å². The molecule has 2 rings (SSSR count). The Balaban J connectivity index is 1.81. The molecule has 22 heavy (non-hydrogen) atoms. The zero-order valence-corrected chi connectivity index (χ0v) is 13.0. The van der Waals surface area contributed by atoms with Crippen LogP contribution in [-0.2, 0) is 6.54 Å². The predicted molar refractivity (Wildman–Crippen MR) is 85.6 cm³/mol. The van der Waals surface area contributed by atoms with Crippen molar-refractivity contribution in [2.24, 2.45) is 0 Å². The smallest absolute Gasteiger partial charge is 0.213 e. The van der Waals surface area contributed by atoms with Crippen molar-refractivity contribution >= 4 is 0 Å². The summed E-state index contributed by atoms with van der Waals surface area (Å²) in [6.07, 6.45) is 1.72. The van der Waals surface area contributed by atoms with Gasteiger partial charge in [0.15, 0.2) is 11.5 Å². The van der Waals surface area contributed by atoms with Crippen molar-refractivity contribution in [3.05, 3.63) is 48.2 Å². The molecule has 0 unspecified atom stereocenters. The summed E-state index contributed by atoms with van der Waals surface area (Å²) < 4.78 is 16.6. The van der Waals surface area contributed by atoms with Gasteiger partial charge in [-0.15, -0.1) is 0 Å². The first-order valence-electron chi connectivity index (χ1n) is 7.38. The second kappa shape index (κ2) is 8.89. The molecule has 1 aromatic heterocycles. The Morgan fingerprint density at radius 1 is 1.09 bits per heavy atom. The number of aromatic nitrogens is 1. The molecule has 1 aromatic carbocycles. The Labute approximate surface area is 131 Å². The van der Waals surface area contributed by atoms with Gasteiger partial charge in [0.05, 0.1) is 13.7 Å². The molecule has 0 aliphatic rings. The van der Waals surface area contributed by atoms with Gasteiger partial charge in [0.1, 0.15) is 6.61 Å². The standard InChI is InChI=1S/C17H22N2O3/c1-3-21-17-14(7-6-8-15(17)20-2)13-18-11-12-22-16-9-4-5-10-19-16/h4-10,18H,3,11-13H2,1-2H3. The molecule has 5 nitrogen and oxygen atoms in total. The SMILES string of the molecule is CCOc1c(CNCCOc2ccccn2)cccc1OC. The van der Waals surface area contributed by atoms with E-state index in [-0.39, 0.29) is 0 Å². The minimum atomic E-state index is 0.560. The fourth-order valence-corrected chi connectivity index (χ4v) is 2.05. The minimum Gasteiger partial charge on any atom is -0.493 e. The van der Waals surface area contributed by atoms with Crippen LogP contribution in [0, 0.1) is 0 Å². The number of rotatable bonds is 9. The highest BCUT2D eigenvalue weighted by Gasteiger charge is 2.09. The summed E-state index contributed by atoms with van der Waals surface area (Å²) in [6.45, 7) is 4.54. The lowest BCUT2D eigenvalue weighted by Crippen LogP contribution is -2.21. The molecule has 0 saturated carbocycles. The molecule has 0 aliphatic heterocycles. The van der Waals surface area contributed by atoms with Crippen LogP contribution in [0.2, 0.25) is 0 Å². The van der Waals surface area contributed by atoms with E-state index in [0.29, 0.717) is 25.6 Å². The van der Waals surface area contributed by atoms with E-state index < -0.39 is 0 Å². The van der Waals surface area contributed by atoms with Crippen LogP contribution in [0.5, 0.6) is 17.4 Å². The van der Waals surface area contributed by atoms with Gasteiger partial charge in [-0.2, -0.15) is 0 Å². The number of nitrogens with zero attached hydrogens (tertiary/aromatic N) is 1. The Bertz CT molecular complexity index is 561. The highest BCUT2D eigenvalue weighted by atomic mass is 16.5. The van der Waals surface area contributed by atoms with E-state index in [1.165, 1.54) is 0 Å². The lowest BCUT2D eigenvalue weighted by Gasteiger charge is -2.14. The number of pyridine rings is 1. The summed E-state index contributed by atoms with van der Waals surface area (Å²) in [7, 11) is 1.65. The highest BCUT2D eigenvalue weighted by molar-refractivity contribution is 5.46. The molecule has 0 saturated heterocycles. The monoisotopic (exact) mass is 302 g/mol. The van der Waals surface area contributed by atoms with E-state index in [1.54, 1.807) is 13.3 Å². The fraction of sp³-hybridized carbons (Fsp3) is 0.353. The molecule has 1 N–H and O–H groups in total. The summed E-state index contributed by atoms with van der Waals surface area (Å²) in [4.78, 5) is 4.11. The van der Waals surface area contributed by atoms with Crippen LogP contribution < -0.4 is 19.5 Å². The molecule has 5 heteroatoms. The van der Waals surface area contributed by atoms with Crippen molar-refractivity contribution in [2.45, 2.75) is 13.5 Å². The third kappa shape index (κ3) is 4.63. The van der Waals surface area contributed by atoms with E-state index in [9.17, 15) is 0 Å². The lowest BCUT2D eigenvalue weighted by molar-refractivity contribution is 0.296. The number of hydrogen-bond acceptors (Lipinski definition) is 5. The van der Waals surface area contributed by atoms with E-state index in [2.05, 4.69) is 10.3 Å². The molecule has 0 aliphatic carbocycles. The third-order valence-corrected chi connectivity index (χ3v) is 3.05. The normalized spacial score (nSPS) is 10.3. The summed E-state index contributed by atoms with van der Waals surface area (Å²) >= 11 is 0. The topological polar surface area (TPSA) is 52.6 Å². The van der Waals surface area contributed by atoms with E-state index >= 15 is 0 Å². The Morgan fingerprint density at radius 2 is 2.00 bits per heavy atom. The van der Waals surface area contributed by atoms with E-state index in [4.69, 9.17) is 14.2 Å². The highest BCUT2D eigenvalue weighted by Crippen LogP contribution is 2.30. The maximum Gasteiger partial charge on any atom is 0.213 e. The summed E-state index contributed by atoms with van der Waals surface area (Å²) in [6, 6.07) is 11.5. The van der Waals surface area contributed by atoms with Crippen LogP contribution in [0.25, 0.3) is 0 Å². The van der Waals surface area contributed by atoms with Crippen molar-refractivity contribution < 1.29 is 14.2 Å². The Kier molecular flexibility index (Phi) is 6.51. The molecule has 0 fully saturated rings. The van der Waals surface area contributed by atoms with Gasteiger partial charge in [-0.3, -0.25) is 0 Å². The first-order chi connectivity index (χ1) is 10.8. The van der Waals surface area contributed by atoms with Gasteiger partial charge in [0, 0.05) is 30.9 Å². The van der Waals surface area contributed by atoms with Crippen molar-refractivity contribution in [3.63, 3.8) is 0 Å². The van der Waals surface area contributed by atoms with Gasteiger partial charge in [-0.05, 0) is 19.1 Å². The maximum absolute atomic E-state index is 5.68. The molecule has 1 heterocycles. The first-order valence-corrected chi connectivity index (χ1v) is 7.38. The van der Waals surface area contributed by atoms with Crippen molar-refractivity contribution in [2.75, 3.05) is 26.9 Å². The number of ether oxygens (including phenoxy) is 3. The fourth-order valence-electron chi connectivity index (χ4n) is 2.05. The zero-order chi connectivity index (χ0) is 15.6. The van der Waals surface area contributed by atoms with Gasteiger partial charge in [-0.25, -0.2) is 4.98 Å². The summed E-state index contributed by atoms with van der Waals surface area (Å²) in [5.74, 6) is 2.19. The number of benzene rings is 1. The predicted octanol–water partition coefficient (Wildman–Crippen LogP) is 2.66. The van der Waals surface area contributed by atoms with Crippen LogP contribution >= 0.6 is 0 Å². The molecule has 0 bridgehead atoms. The molecule has 2 aromatic rings. The van der Waals surface area contributed by atoms with Crippen molar-refractivity contribution in [1.29, 1.82) is 0 Å². The van der Waals surface area contributed by atoms with Gasteiger partial charge in [0.2, 0.25) is 5.88 Å². The molecule has 0 radical (unpaired) electrons. The van der Waals surface area contributed by atoms with Crippen LogP contribution in [0.1, 0.15) is 12.5 Å². The van der Waals surface area contributed by atoms with Crippen LogP contribution in [0.3, 0.4) is 0 Å².